The second-order valence-electron chi connectivity index (χ2n) is 6.79. The third kappa shape index (κ3) is 3.63. The molecule has 1 amide bonds. The number of sulfonamides is 1. The summed E-state index contributed by atoms with van der Waals surface area (Å²) < 4.78 is 32.3. The molecule has 0 bridgehead atoms. The highest BCUT2D eigenvalue weighted by Gasteiger charge is 2.34. The molecule has 4 rings (SSSR count). The highest BCUT2D eigenvalue weighted by molar-refractivity contribution is 7.89. The number of hydrogen-bond donors (Lipinski definition) is 1. The molecule has 0 aliphatic carbocycles. The standard InChI is InChI=1S/C19H20N4O4S/c24-19(20-12-14-6-2-1-3-7-14)15-8-5-11-23(13-15)28(25,26)17-10-4-9-16-18(17)22-27-21-16/h1-4,6-7,9-10,15H,5,8,11-13H2,(H,20,24)/t15-/m1/s1. The average molecular weight is 400 g/mol. The Morgan fingerprint density at radius 1 is 1.14 bits per heavy atom. The normalized spacial score (nSPS) is 18.2. The Hall–Kier alpha value is -2.78. The molecular weight excluding hydrogens is 380 g/mol. The molecule has 1 fully saturated rings. The van der Waals surface area contributed by atoms with Crippen molar-refractivity contribution in [1.29, 1.82) is 0 Å². The van der Waals surface area contributed by atoms with E-state index in [-0.39, 0.29) is 28.8 Å². The van der Waals surface area contributed by atoms with Crippen molar-refractivity contribution >= 4 is 27.0 Å². The zero-order valence-electron chi connectivity index (χ0n) is 15.1. The van der Waals surface area contributed by atoms with E-state index in [0.717, 1.165) is 5.56 Å². The summed E-state index contributed by atoms with van der Waals surface area (Å²) >= 11 is 0. The number of fused-ring (bicyclic) bond motifs is 1. The van der Waals surface area contributed by atoms with E-state index in [9.17, 15) is 13.2 Å². The van der Waals surface area contributed by atoms with Crippen LogP contribution >= 0.6 is 0 Å². The summed E-state index contributed by atoms with van der Waals surface area (Å²) in [5.41, 5.74) is 1.59. The van der Waals surface area contributed by atoms with Gasteiger partial charge in [-0.1, -0.05) is 36.4 Å². The van der Waals surface area contributed by atoms with Gasteiger partial charge in [0.05, 0.1) is 5.92 Å². The van der Waals surface area contributed by atoms with Gasteiger partial charge in [-0.05, 0) is 40.9 Å². The van der Waals surface area contributed by atoms with Crippen molar-refractivity contribution in [2.24, 2.45) is 5.92 Å². The van der Waals surface area contributed by atoms with E-state index in [1.54, 1.807) is 12.1 Å². The van der Waals surface area contributed by atoms with Gasteiger partial charge in [0, 0.05) is 19.6 Å². The highest BCUT2D eigenvalue weighted by Crippen LogP contribution is 2.27. The van der Waals surface area contributed by atoms with Gasteiger partial charge in [0.25, 0.3) is 0 Å². The fourth-order valence-electron chi connectivity index (χ4n) is 3.43. The summed E-state index contributed by atoms with van der Waals surface area (Å²) in [6.45, 7) is 0.934. The monoisotopic (exact) mass is 400 g/mol. The van der Waals surface area contributed by atoms with Crippen LogP contribution in [0.25, 0.3) is 11.0 Å². The van der Waals surface area contributed by atoms with Crippen LogP contribution in [-0.4, -0.2) is 42.0 Å². The van der Waals surface area contributed by atoms with Gasteiger partial charge in [0.2, 0.25) is 15.9 Å². The maximum absolute atomic E-state index is 13.1. The van der Waals surface area contributed by atoms with Gasteiger partial charge in [-0.3, -0.25) is 4.79 Å². The predicted molar refractivity (Wildman–Crippen MR) is 102 cm³/mol. The van der Waals surface area contributed by atoms with Crippen molar-refractivity contribution < 1.29 is 17.8 Å². The molecule has 1 aliphatic rings. The molecule has 146 valence electrons. The van der Waals surface area contributed by atoms with E-state index in [4.69, 9.17) is 0 Å². The predicted octanol–water partition coefficient (Wildman–Crippen LogP) is 1.94. The minimum atomic E-state index is -3.80. The van der Waals surface area contributed by atoms with Gasteiger partial charge in [-0.25, -0.2) is 13.0 Å². The topological polar surface area (TPSA) is 105 Å². The van der Waals surface area contributed by atoms with Crippen LogP contribution in [0.1, 0.15) is 18.4 Å². The molecule has 1 aliphatic heterocycles. The van der Waals surface area contributed by atoms with Gasteiger partial charge in [0.15, 0.2) is 5.52 Å². The number of aromatic nitrogens is 2. The van der Waals surface area contributed by atoms with E-state index in [1.165, 1.54) is 10.4 Å². The van der Waals surface area contributed by atoms with Crippen molar-refractivity contribution in [3.05, 3.63) is 54.1 Å². The quantitative estimate of drug-likeness (QED) is 0.702. The van der Waals surface area contributed by atoms with Crippen LogP contribution in [0.15, 0.2) is 58.1 Å². The van der Waals surface area contributed by atoms with Crippen LogP contribution in [0, 0.1) is 5.92 Å². The first kappa shape index (κ1) is 18.6. The Morgan fingerprint density at radius 3 is 2.79 bits per heavy atom. The van der Waals surface area contributed by atoms with Crippen LogP contribution in [0.5, 0.6) is 0 Å². The maximum Gasteiger partial charge on any atom is 0.245 e. The van der Waals surface area contributed by atoms with Gasteiger partial charge in [-0.2, -0.15) is 4.31 Å². The number of amides is 1. The zero-order chi connectivity index (χ0) is 19.6. The molecule has 0 radical (unpaired) electrons. The molecule has 1 saturated heterocycles. The minimum absolute atomic E-state index is 0.0524. The lowest BCUT2D eigenvalue weighted by Crippen LogP contribution is -2.45. The Bertz CT molecular complexity index is 1080. The SMILES string of the molecule is O=C(NCc1ccccc1)[C@@H]1CCCN(S(=O)(=O)c2cccc3nonc23)C1. The molecule has 0 spiro atoms. The molecule has 1 atom stereocenters. The van der Waals surface area contributed by atoms with Gasteiger partial charge < -0.3 is 5.32 Å². The van der Waals surface area contributed by atoms with Crippen LogP contribution < -0.4 is 5.32 Å². The number of nitrogens with one attached hydrogen (secondary N) is 1. The third-order valence-corrected chi connectivity index (χ3v) is 6.83. The molecule has 0 unspecified atom stereocenters. The van der Waals surface area contributed by atoms with Crippen LogP contribution in [0.2, 0.25) is 0 Å². The van der Waals surface area contributed by atoms with Crippen LogP contribution in [0.4, 0.5) is 0 Å². The number of piperidine rings is 1. The van der Waals surface area contributed by atoms with Gasteiger partial charge in [0.1, 0.15) is 10.4 Å². The lowest BCUT2D eigenvalue weighted by Gasteiger charge is -2.31. The summed E-state index contributed by atoms with van der Waals surface area (Å²) in [6, 6.07) is 14.3. The Morgan fingerprint density at radius 2 is 1.96 bits per heavy atom. The Labute approximate surface area is 162 Å². The highest BCUT2D eigenvalue weighted by atomic mass is 32.2. The lowest BCUT2D eigenvalue weighted by molar-refractivity contribution is -0.126. The number of carbonyl (C=O) groups is 1. The van der Waals surface area contributed by atoms with E-state index in [0.29, 0.717) is 31.4 Å². The summed E-state index contributed by atoms with van der Waals surface area (Å²) in [5.74, 6) is -0.521. The molecule has 1 aromatic heterocycles. The van der Waals surface area contributed by atoms with E-state index >= 15 is 0 Å². The number of nitrogens with zero attached hydrogens (tertiary/aromatic N) is 3. The van der Waals surface area contributed by atoms with Crippen molar-refractivity contribution in [2.45, 2.75) is 24.3 Å². The molecule has 3 aromatic rings. The van der Waals surface area contributed by atoms with E-state index < -0.39 is 10.0 Å². The van der Waals surface area contributed by atoms with E-state index in [2.05, 4.69) is 20.3 Å². The molecule has 0 saturated carbocycles. The number of hydrogen-bond acceptors (Lipinski definition) is 6. The smallest absolute Gasteiger partial charge is 0.245 e. The van der Waals surface area contributed by atoms with Crippen molar-refractivity contribution in [3.8, 4) is 0 Å². The summed E-state index contributed by atoms with van der Waals surface area (Å²) in [6.07, 6.45) is 1.28. The van der Waals surface area contributed by atoms with Crippen molar-refractivity contribution in [1.82, 2.24) is 19.9 Å². The second kappa shape index (κ2) is 7.69. The second-order valence-corrected chi connectivity index (χ2v) is 8.70. The van der Waals surface area contributed by atoms with Crippen molar-refractivity contribution in [3.63, 3.8) is 0 Å². The van der Waals surface area contributed by atoms with Crippen LogP contribution in [-0.2, 0) is 21.4 Å². The van der Waals surface area contributed by atoms with E-state index in [1.807, 2.05) is 30.3 Å². The number of benzene rings is 2. The molecule has 2 aromatic carbocycles. The maximum atomic E-state index is 13.1. The zero-order valence-corrected chi connectivity index (χ0v) is 15.9. The third-order valence-electron chi connectivity index (χ3n) is 4.93. The first-order valence-electron chi connectivity index (χ1n) is 9.09. The molecule has 8 nitrogen and oxygen atoms in total. The lowest BCUT2D eigenvalue weighted by atomic mass is 9.99. The summed E-state index contributed by atoms with van der Waals surface area (Å²) in [4.78, 5) is 12.6. The summed E-state index contributed by atoms with van der Waals surface area (Å²) in [5, 5.41) is 10.3. The summed E-state index contributed by atoms with van der Waals surface area (Å²) in [7, 11) is -3.80. The molecule has 9 heteroatoms. The van der Waals surface area contributed by atoms with Crippen molar-refractivity contribution in [2.75, 3.05) is 13.1 Å². The fourth-order valence-corrected chi connectivity index (χ4v) is 5.09. The average Bonchev–Trinajstić information content (AvgIpc) is 3.21. The first-order valence-corrected chi connectivity index (χ1v) is 10.5. The fraction of sp³-hybridized carbons (Fsp3) is 0.316. The number of rotatable bonds is 5. The molecule has 1 N–H and O–H groups in total. The largest absolute Gasteiger partial charge is 0.352 e. The molecule has 28 heavy (non-hydrogen) atoms. The Balaban J connectivity index is 1.48. The minimum Gasteiger partial charge on any atom is -0.352 e. The van der Waals surface area contributed by atoms with Gasteiger partial charge in [-0.15, -0.1) is 0 Å². The molecule has 2 heterocycles. The molecular formula is C19H20N4O4S. The Kier molecular flexibility index (Phi) is 5.10. The van der Waals surface area contributed by atoms with Gasteiger partial charge >= 0.3 is 0 Å². The van der Waals surface area contributed by atoms with Crippen LogP contribution in [0.3, 0.4) is 0 Å². The first-order chi connectivity index (χ1) is 13.6. The number of carbonyl (C=O) groups excluding carboxylic acids is 1.